The number of amides is 3. The first kappa shape index (κ1) is 21.7. The van der Waals surface area contributed by atoms with Crippen molar-refractivity contribution >= 4 is 17.7 Å². The van der Waals surface area contributed by atoms with Gasteiger partial charge in [-0.25, -0.2) is 0 Å². The zero-order valence-electron chi connectivity index (χ0n) is 18.3. The molecule has 2 aliphatic heterocycles. The molecule has 168 valence electrons. The molecule has 0 bridgehead atoms. The Hall–Kier alpha value is -2.57. The molecule has 0 radical (unpaired) electrons. The maximum atomic E-state index is 12.7. The van der Waals surface area contributed by atoms with Crippen LogP contribution in [0.2, 0.25) is 0 Å². The van der Waals surface area contributed by atoms with Gasteiger partial charge in [-0.1, -0.05) is 12.1 Å². The summed E-state index contributed by atoms with van der Waals surface area (Å²) in [7, 11) is 1.62. The summed E-state index contributed by atoms with van der Waals surface area (Å²) >= 11 is 0. The molecule has 3 amide bonds. The van der Waals surface area contributed by atoms with Crippen molar-refractivity contribution in [1.82, 2.24) is 15.1 Å². The van der Waals surface area contributed by atoms with Gasteiger partial charge in [-0.3, -0.25) is 14.4 Å². The van der Waals surface area contributed by atoms with Crippen LogP contribution >= 0.6 is 0 Å². The monoisotopic (exact) mass is 427 g/mol. The normalized spacial score (nSPS) is 22.0. The second-order valence-electron chi connectivity index (χ2n) is 9.24. The van der Waals surface area contributed by atoms with Crippen molar-refractivity contribution in [2.75, 3.05) is 39.8 Å². The molecule has 1 N–H and O–H groups in total. The number of ether oxygens (including phenoxy) is 1. The van der Waals surface area contributed by atoms with Gasteiger partial charge in [0.15, 0.2) is 0 Å². The SMILES string of the molecule is COc1cccc(CC(=O)N2CCC(CN3CC(C(=O)NCC4CC4)CC3=O)CC2)c1. The second-order valence-corrected chi connectivity index (χ2v) is 9.24. The standard InChI is InChI=1S/C24H33N3O4/c1-31-21-4-2-3-19(11-21)12-22(28)26-9-7-18(8-10-26)15-27-16-20(13-23(27)29)24(30)25-14-17-5-6-17/h2-4,11,17-18,20H,5-10,12-16H2,1H3,(H,25,30). The topological polar surface area (TPSA) is 79.0 Å². The fraction of sp³-hybridized carbons (Fsp3) is 0.625. The van der Waals surface area contributed by atoms with Gasteiger partial charge in [-0.2, -0.15) is 0 Å². The number of hydrogen-bond acceptors (Lipinski definition) is 4. The highest BCUT2D eigenvalue weighted by Gasteiger charge is 2.36. The zero-order valence-corrected chi connectivity index (χ0v) is 18.3. The van der Waals surface area contributed by atoms with Crippen LogP contribution < -0.4 is 10.1 Å². The van der Waals surface area contributed by atoms with E-state index in [1.807, 2.05) is 34.1 Å². The van der Waals surface area contributed by atoms with Gasteiger partial charge in [0.1, 0.15) is 5.75 Å². The number of rotatable bonds is 8. The number of benzene rings is 1. The molecule has 7 heteroatoms. The van der Waals surface area contributed by atoms with Gasteiger partial charge in [0.2, 0.25) is 17.7 Å². The quantitative estimate of drug-likeness (QED) is 0.687. The highest BCUT2D eigenvalue weighted by Crippen LogP contribution is 2.28. The van der Waals surface area contributed by atoms with Crippen molar-refractivity contribution in [3.63, 3.8) is 0 Å². The smallest absolute Gasteiger partial charge is 0.226 e. The Labute approximate surface area is 184 Å². The molecular weight excluding hydrogens is 394 g/mol. The summed E-state index contributed by atoms with van der Waals surface area (Å²) in [5.41, 5.74) is 0.958. The van der Waals surface area contributed by atoms with Crippen LogP contribution in [0.3, 0.4) is 0 Å². The van der Waals surface area contributed by atoms with E-state index in [2.05, 4.69) is 5.32 Å². The lowest BCUT2D eigenvalue weighted by molar-refractivity contribution is -0.133. The average molecular weight is 428 g/mol. The predicted molar refractivity (Wildman–Crippen MR) is 116 cm³/mol. The first-order valence-electron chi connectivity index (χ1n) is 11.5. The molecule has 1 aliphatic carbocycles. The van der Waals surface area contributed by atoms with Crippen molar-refractivity contribution in [2.45, 2.75) is 38.5 Å². The van der Waals surface area contributed by atoms with E-state index in [-0.39, 0.29) is 23.6 Å². The summed E-state index contributed by atoms with van der Waals surface area (Å²) in [6.45, 7) is 3.43. The molecule has 3 fully saturated rings. The lowest BCUT2D eigenvalue weighted by atomic mass is 9.95. The van der Waals surface area contributed by atoms with Crippen molar-refractivity contribution in [3.05, 3.63) is 29.8 Å². The lowest BCUT2D eigenvalue weighted by Gasteiger charge is -2.34. The van der Waals surface area contributed by atoms with E-state index in [0.717, 1.165) is 43.8 Å². The van der Waals surface area contributed by atoms with Crippen LogP contribution in [0.15, 0.2) is 24.3 Å². The highest BCUT2D eigenvalue weighted by atomic mass is 16.5. The Morgan fingerprint density at radius 3 is 2.61 bits per heavy atom. The molecule has 1 aromatic carbocycles. The zero-order chi connectivity index (χ0) is 21.8. The second kappa shape index (κ2) is 9.71. The van der Waals surface area contributed by atoms with Crippen LogP contribution in [-0.2, 0) is 20.8 Å². The third kappa shape index (κ3) is 5.77. The molecule has 4 rings (SSSR count). The summed E-state index contributed by atoms with van der Waals surface area (Å²) in [6.07, 6.45) is 4.91. The van der Waals surface area contributed by atoms with Crippen LogP contribution in [0, 0.1) is 17.8 Å². The van der Waals surface area contributed by atoms with Gasteiger partial charge < -0.3 is 19.9 Å². The number of carbonyl (C=O) groups excluding carboxylic acids is 3. The molecule has 0 aromatic heterocycles. The van der Waals surface area contributed by atoms with Crippen molar-refractivity contribution in [2.24, 2.45) is 17.8 Å². The first-order valence-corrected chi connectivity index (χ1v) is 11.5. The Morgan fingerprint density at radius 1 is 1.13 bits per heavy atom. The van der Waals surface area contributed by atoms with Crippen molar-refractivity contribution < 1.29 is 19.1 Å². The number of hydrogen-bond donors (Lipinski definition) is 1. The summed E-state index contributed by atoms with van der Waals surface area (Å²) < 4.78 is 5.23. The Bertz CT molecular complexity index is 815. The average Bonchev–Trinajstić information content (AvgIpc) is 3.54. The van der Waals surface area contributed by atoms with E-state index in [9.17, 15) is 14.4 Å². The Kier molecular flexibility index (Phi) is 6.78. The predicted octanol–water partition coefficient (Wildman–Crippen LogP) is 1.85. The molecule has 2 heterocycles. The van der Waals surface area contributed by atoms with Crippen molar-refractivity contribution in [3.8, 4) is 5.75 Å². The molecule has 3 aliphatic rings. The largest absolute Gasteiger partial charge is 0.497 e. The Balaban J connectivity index is 1.20. The third-order valence-corrected chi connectivity index (χ3v) is 6.78. The van der Waals surface area contributed by atoms with Crippen LogP contribution in [-0.4, -0.2) is 67.4 Å². The molecule has 1 unspecified atom stereocenters. The van der Waals surface area contributed by atoms with Crippen LogP contribution in [0.25, 0.3) is 0 Å². The number of piperidine rings is 1. The van der Waals surface area contributed by atoms with E-state index in [4.69, 9.17) is 4.74 Å². The fourth-order valence-electron chi connectivity index (χ4n) is 4.58. The summed E-state index contributed by atoms with van der Waals surface area (Å²) in [6, 6.07) is 7.63. The van der Waals surface area contributed by atoms with E-state index in [1.54, 1.807) is 7.11 Å². The van der Waals surface area contributed by atoms with Crippen molar-refractivity contribution in [1.29, 1.82) is 0 Å². The first-order chi connectivity index (χ1) is 15.0. The number of carbonyl (C=O) groups is 3. The van der Waals surface area contributed by atoms with Crippen LogP contribution in [0.4, 0.5) is 0 Å². The number of likely N-dealkylation sites (tertiary alicyclic amines) is 2. The molecule has 1 atom stereocenters. The van der Waals surface area contributed by atoms with E-state index >= 15 is 0 Å². The molecule has 1 aromatic rings. The minimum absolute atomic E-state index is 0.0284. The van der Waals surface area contributed by atoms with Gasteiger partial charge in [-0.05, 0) is 55.2 Å². The lowest BCUT2D eigenvalue weighted by Crippen LogP contribution is -2.42. The minimum atomic E-state index is -0.212. The summed E-state index contributed by atoms with van der Waals surface area (Å²) in [5.74, 6) is 1.84. The van der Waals surface area contributed by atoms with Crippen LogP contribution in [0.1, 0.15) is 37.7 Å². The van der Waals surface area contributed by atoms with E-state index in [1.165, 1.54) is 12.8 Å². The molecule has 2 saturated heterocycles. The summed E-state index contributed by atoms with van der Waals surface area (Å²) in [4.78, 5) is 41.2. The minimum Gasteiger partial charge on any atom is -0.497 e. The number of nitrogens with one attached hydrogen (secondary N) is 1. The summed E-state index contributed by atoms with van der Waals surface area (Å²) in [5, 5.41) is 3.01. The van der Waals surface area contributed by atoms with Gasteiger partial charge in [0.25, 0.3) is 0 Å². The maximum Gasteiger partial charge on any atom is 0.226 e. The van der Waals surface area contributed by atoms with Gasteiger partial charge in [0.05, 0.1) is 19.4 Å². The number of methoxy groups -OCH3 is 1. The molecule has 0 spiro atoms. The molecule has 1 saturated carbocycles. The third-order valence-electron chi connectivity index (χ3n) is 6.78. The number of nitrogens with zero attached hydrogens (tertiary/aromatic N) is 2. The van der Waals surface area contributed by atoms with Gasteiger partial charge in [0, 0.05) is 39.1 Å². The fourth-order valence-corrected chi connectivity index (χ4v) is 4.58. The van der Waals surface area contributed by atoms with Crippen LogP contribution in [0.5, 0.6) is 5.75 Å². The van der Waals surface area contributed by atoms with Gasteiger partial charge in [-0.15, -0.1) is 0 Å². The van der Waals surface area contributed by atoms with E-state index < -0.39 is 0 Å². The molecule has 31 heavy (non-hydrogen) atoms. The van der Waals surface area contributed by atoms with E-state index in [0.29, 0.717) is 37.8 Å². The van der Waals surface area contributed by atoms with Gasteiger partial charge >= 0.3 is 0 Å². The molecule has 7 nitrogen and oxygen atoms in total. The molecular formula is C24H33N3O4. The Morgan fingerprint density at radius 2 is 1.90 bits per heavy atom. The highest BCUT2D eigenvalue weighted by molar-refractivity contribution is 5.89. The maximum absolute atomic E-state index is 12.7.